The van der Waals surface area contributed by atoms with Crippen LogP contribution in [0.3, 0.4) is 0 Å². The Bertz CT molecular complexity index is 876. The topological polar surface area (TPSA) is 36.5 Å². The predicted molar refractivity (Wildman–Crippen MR) is 133 cm³/mol. The smallest absolute Gasteiger partial charge is 0.169 e. The maximum absolute atomic E-state index is 5.97. The zero-order valence-corrected chi connectivity index (χ0v) is 20.6. The normalized spacial score (nSPS) is 17.7. The van der Waals surface area contributed by atoms with E-state index in [1.54, 1.807) is 7.11 Å². The highest BCUT2D eigenvalue weighted by Gasteiger charge is 2.38. The highest BCUT2D eigenvalue weighted by Crippen LogP contribution is 2.29. The third kappa shape index (κ3) is 6.68. The molecule has 4 nitrogen and oxygen atoms in total. The van der Waals surface area contributed by atoms with E-state index in [-0.39, 0.29) is 11.1 Å². The highest BCUT2D eigenvalue weighted by molar-refractivity contribution is 7.80. The Balaban J connectivity index is 1.78. The second-order valence-electron chi connectivity index (χ2n) is 10.1. The van der Waals surface area contributed by atoms with E-state index in [4.69, 9.17) is 17.0 Å². The predicted octanol–water partition coefficient (Wildman–Crippen LogP) is 5.19. The molecule has 0 unspecified atom stereocenters. The molecule has 1 saturated heterocycles. The maximum Gasteiger partial charge on any atom is 0.169 e. The SMILES string of the molecule is COc1ccc(CN(Cc2ccccc2C)C(=S)NC2CC(C)(C)NC(C)(C)C2)cc1. The summed E-state index contributed by atoms with van der Waals surface area (Å²) in [4.78, 5) is 2.28. The summed E-state index contributed by atoms with van der Waals surface area (Å²) in [5.74, 6) is 0.870. The Kier molecular flexibility index (Phi) is 7.28. The molecule has 0 bridgehead atoms. The third-order valence-electron chi connectivity index (χ3n) is 5.96. The molecule has 0 spiro atoms. The summed E-state index contributed by atoms with van der Waals surface area (Å²) in [6, 6.07) is 17.1. The van der Waals surface area contributed by atoms with Gasteiger partial charge in [0.05, 0.1) is 7.11 Å². The highest BCUT2D eigenvalue weighted by atomic mass is 32.1. The maximum atomic E-state index is 5.97. The lowest BCUT2D eigenvalue weighted by molar-refractivity contribution is 0.153. The van der Waals surface area contributed by atoms with Gasteiger partial charge in [0.1, 0.15) is 5.75 Å². The first-order valence-corrected chi connectivity index (χ1v) is 11.5. The number of nitrogens with one attached hydrogen (secondary N) is 2. The zero-order chi connectivity index (χ0) is 22.6. The molecule has 0 atom stereocenters. The molecule has 3 rings (SSSR count). The lowest BCUT2D eigenvalue weighted by Crippen LogP contribution is -2.62. The van der Waals surface area contributed by atoms with Crippen LogP contribution in [-0.4, -0.2) is 34.2 Å². The van der Waals surface area contributed by atoms with Crippen molar-refractivity contribution in [3.8, 4) is 5.75 Å². The first kappa shape index (κ1) is 23.6. The van der Waals surface area contributed by atoms with Crippen molar-refractivity contribution in [1.29, 1.82) is 0 Å². The van der Waals surface area contributed by atoms with E-state index >= 15 is 0 Å². The van der Waals surface area contributed by atoms with Gasteiger partial charge in [0.15, 0.2) is 5.11 Å². The van der Waals surface area contributed by atoms with Gasteiger partial charge in [-0.2, -0.15) is 0 Å². The van der Waals surface area contributed by atoms with Gasteiger partial charge in [-0.05, 0) is 88.5 Å². The molecule has 1 aliphatic rings. The van der Waals surface area contributed by atoms with Crippen molar-refractivity contribution in [2.24, 2.45) is 0 Å². The van der Waals surface area contributed by atoms with Crippen molar-refractivity contribution in [2.75, 3.05) is 7.11 Å². The van der Waals surface area contributed by atoms with Gasteiger partial charge in [0, 0.05) is 30.2 Å². The summed E-state index contributed by atoms with van der Waals surface area (Å²) in [5.41, 5.74) is 3.95. The molecule has 0 aromatic heterocycles. The molecule has 1 aliphatic heterocycles. The number of methoxy groups -OCH3 is 1. The van der Waals surface area contributed by atoms with E-state index in [1.165, 1.54) is 16.7 Å². The van der Waals surface area contributed by atoms with E-state index in [1.807, 2.05) is 12.1 Å². The quantitative estimate of drug-likeness (QED) is 0.606. The van der Waals surface area contributed by atoms with Crippen LogP contribution in [-0.2, 0) is 13.1 Å². The van der Waals surface area contributed by atoms with Gasteiger partial charge in [0.2, 0.25) is 0 Å². The number of aryl methyl sites for hydroxylation is 1. The van der Waals surface area contributed by atoms with Crippen LogP contribution in [0.4, 0.5) is 0 Å². The number of ether oxygens (including phenoxy) is 1. The minimum atomic E-state index is 0.0753. The number of benzene rings is 2. The minimum absolute atomic E-state index is 0.0753. The van der Waals surface area contributed by atoms with Crippen molar-refractivity contribution in [1.82, 2.24) is 15.5 Å². The first-order valence-electron chi connectivity index (χ1n) is 11.1. The Morgan fingerprint density at radius 3 is 2.23 bits per heavy atom. The van der Waals surface area contributed by atoms with E-state index in [9.17, 15) is 0 Å². The van der Waals surface area contributed by atoms with Crippen LogP contribution in [0.25, 0.3) is 0 Å². The van der Waals surface area contributed by atoms with Crippen LogP contribution in [0, 0.1) is 6.92 Å². The number of thiocarbonyl (C=S) groups is 1. The summed E-state index contributed by atoms with van der Waals surface area (Å²) >= 11 is 5.97. The van der Waals surface area contributed by atoms with Crippen molar-refractivity contribution < 1.29 is 4.74 Å². The molecular formula is C26H37N3OS. The number of rotatable bonds is 6. The fourth-order valence-electron chi connectivity index (χ4n) is 4.83. The Labute approximate surface area is 193 Å². The number of nitrogens with zero attached hydrogens (tertiary/aromatic N) is 1. The molecular weight excluding hydrogens is 402 g/mol. The van der Waals surface area contributed by atoms with Gasteiger partial charge in [-0.1, -0.05) is 36.4 Å². The number of hydrogen-bond donors (Lipinski definition) is 2. The largest absolute Gasteiger partial charge is 0.497 e. The minimum Gasteiger partial charge on any atom is -0.497 e. The summed E-state index contributed by atoms with van der Waals surface area (Å²) in [7, 11) is 1.69. The van der Waals surface area contributed by atoms with Crippen LogP contribution >= 0.6 is 12.2 Å². The van der Waals surface area contributed by atoms with Crippen LogP contribution in [0.1, 0.15) is 57.2 Å². The standard InChI is InChI=1S/C26H37N3OS/c1-19-9-7-8-10-21(19)18-29(17-20-11-13-23(30-6)14-12-20)24(31)27-22-15-25(2,3)28-26(4,5)16-22/h7-14,22,28H,15-18H2,1-6H3,(H,27,31). The molecule has 1 heterocycles. The summed E-state index contributed by atoms with van der Waals surface area (Å²) in [5, 5.41) is 8.28. The van der Waals surface area contributed by atoms with Gasteiger partial charge in [0.25, 0.3) is 0 Å². The van der Waals surface area contributed by atoms with E-state index in [2.05, 4.69) is 86.6 Å². The van der Waals surface area contributed by atoms with Gasteiger partial charge in [-0.15, -0.1) is 0 Å². The third-order valence-corrected chi connectivity index (χ3v) is 6.34. The van der Waals surface area contributed by atoms with E-state index < -0.39 is 0 Å². The molecule has 2 aromatic rings. The lowest BCUT2D eigenvalue weighted by Gasteiger charge is -2.47. The second kappa shape index (κ2) is 9.58. The Morgan fingerprint density at radius 2 is 1.65 bits per heavy atom. The van der Waals surface area contributed by atoms with Gasteiger partial charge in [-0.25, -0.2) is 0 Å². The van der Waals surface area contributed by atoms with Crippen LogP contribution in [0.5, 0.6) is 5.75 Å². The van der Waals surface area contributed by atoms with Crippen LogP contribution in [0.2, 0.25) is 0 Å². The number of piperidine rings is 1. The van der Waals surface area contributed by atoms with Gasteiger partial charge in [-0.3, -0.25) is 0 Å². The van der Waals surface area contributed by atoms with Crippen molar-refractivity contribution in [2.45, 2.75) is 77.7 Å². The van der Waals surface area contributed by atoms with Crippen LogP contribution in [0.15, 0.2) is 48.5 Å². The average Bonchev–Trinajstić information content (AvgIpc) is 2.67. The summed E-state index contributed by atoms with van der Waals surface area (Å²) in [6.45, 7) is 12.8. The monoisotopic (exact) mass is 439 g/mol. The van der Waals surface area contributed by atoms with Gasteiger partial charge < -0.3 is 20.3 Å². The molecule has 0 saturated carbocycles. The van der Waals surface area contributed by atoms with Crippen molar-refractivity contribution in [3.05, 3.63) is 65.2 Å². The van der Waals surface area contributed by atoms with Crippen molar-refractivity contribution >= 4 is 17.3 Å². The molecule has 0 radical (unpaired) electrons. The average molecular weight is 440 g/mol. The summed E-state index contributed by atoms with van der Waals surface area (Å²) in [6.07, 6.45) is 2.08. The molecule has 168 valence electrons. The molecule has 5 heteroatoms. The van der Waals surface area contributed by atoms with E-state index in [0.717, 1.165) is 36.8 Å². The van der Waals surface area contributed by atoms with Crippen LogP contribution < -0.4 is 15.4 Å². The molecule has 2 aromatic carbocycles. The Hall–Kier alpha value is -2.11. The fourth-order valence-corrected chi connectivity index (χ4v) is 5.13. The summed E-state index contributed by atoms with van der Waals surface area (Å²) < 4.78 is 5.31. The molecule has 1 fully saturated rings. The molecule has 0 aliphatic carbocycles. The molecule has 31 heavy (non-hydrogen) atoms. The fraction of sp³-hybridized carbons (Fsp3) is 0.500. The zero-order valence-electron chi connectivity index (χ0n) is 19.8. The lowest BCUT2D eigenvalue weighted by atomic mass is 9.80. The van der Waals surface area contributed by atoms with Crippen molar-refractivity contribution in [3.63, 3.8) is 0 Å². The second-order valence-corrected chi connectivity index (χ2v) is 10.5. The number of hydrogen-bond acceptors (Lipinski definition) is 3. The molecule has 0 amide bonds. The Morgan fingerprint density at radius 1 is 1.03 bits per heavy atom. The molecule has 2 N–H and O–H groups in total. The van der Waals surface area contributed by atoms with E-state index in [0.29, 0.717) is 6.04 Å². The first-order chi connectivity index (χ1) is 14.6. The van der Waals surface area contributed by atoms with Gasteiger partial charge >= 0.3 is 0 Å².